The monoisotopic (exact) mass is 324 g/mol. The van der Waals surface area contributed by atoms with E-state index in [2.05, 4.69) is 26.0 Å². The molecule has 23 heavy (non-hydrogen) atoms. The molecule has 1 saturated heterocycles. The Labute approximate surface area is 140 Å². The smallest absolute Gasteiger partial charge is 0.310 e. The zero-order valence-corrected chi connectivity index (χ0v) is 15.1. The molecule has 0 aromatic carbocycles. The summed E-state index contributed by atoms with van der Waals surface area (Å²) >= 11 is 0. The number of allylic oxidation sites excluding steroid dienone is 2. The predicted octanol–water partition coefficient (Wildman–Crippen LogP) is 4.57. The molecule has 2 unspecified atom stereocenters. The van der Waals surface area contributed by atoms with Crippen LogP contribution in [0.4, 0.5) is 0 Å². The van der Waals surface area contributed by atoms with Gasteiger partial charge in [-0.2, -0.15) is 0 Å². The van der Waals surface area contributed by atoms with Crippen molar-refractivity contribution in [3.8, 4) is 0 Å². The number of rotatable bonds is 10. The average molecular weight is 324 g/mol. The number of carbonyl (C=O) groups excluding carboxylic acids is 2. The highest BCUT2D eigenvalue weighted by Gasteiger charge is 2.45. The molecule has 132 valence electrons. The highest BCUT2D eigenvalue weighted by atomic mass is 16.6. The van der Waals surface area contributed by atoms with E-state index in [1.165, 1.54) is 6.42 Å². The van der Waals surface area contributed by atoms with Crippen LogP contribution in [0.2, 0.25) is 0 Å². The first-order chi connectivity index (χ1) is 10.9. The van der Waals surface area contributed by atoms with Crippen LogP contribution in [0.5, 0.6) is 0 Å². The molecular formula is C19H32O4. The third-order valence-electron chi connectivity index (χ3n) is 4.28. The Kier molecular flexibility index (Phi) is 8.35. The minimum Gasteiger partial charge on any atom is -0.457 e. The van der Waals surface area contributed by atoms with Crippen LogP contribution in [-0.2, 0) is 19.1 Å². The van der Waals surface area contributed by atoms with E-state index >= 15 is 0 Å². The van der Waals surface area contributed by atoms with E-state index in [1.807, 2.05) is 0 Å². The molecule has 1 heterocycles. The zero-order chi connectivity index (χ0) is 17.3. The first-order valence-electron chi connectivity index (χ1n) is 8.98. The van der Waals surface area contributed by atoms with Crippen molar-refractivity contribution in [3.63, 3.8) is 0 Å². The van der Waals surface area contributed by atoms with Gasteiger partial charge in [-0.25, -0.2) is 0 Å². The van der Waals surface area contributed by atoms with Crippen molar-refractivity contribution in [1.29, 1.82) is 0 Å². The second-order valence-corrected chi connectivity index (χ2v) is 6.88. The minimum atomic E-state index is -0.716. The quantitative estimate of drug-likeness (QED) is 0.336. The number of cyclic esters (lactones) is 1. The van der Waals surface area contributed by atoms with Crippen LogP contribution in [0.15, 0.2) is 12.2 Å². The molecule has 0 amide bonds. The van der Waals surface area contributed by atoms with Gasteiger partial charge in [-0.1, -0.05) is 38.8 Å². The molecule has 0 aromatic heterocycles. The van der Waals surface area contributed by atoms with Gasteiger partial charge in [0.05, 0.1) is 12.3 Å². The van der Waals surface area contributed by atoms with Crippen molar-refractivity contribution in [2.75, 3.05) is 0 Å². The molecule has 1 fully saturated rings. The molecule has 0 bridgehead atoms. The summed E-state index contributed by atoms with van der Waals surface area (Å²) in [4.78, 5) is 23.9. The number of carbonyl (C=O) groups is 2. The summed E-state index contributed by atoms with van der Waals surface area (Å²) in [5, 5.41) is 0. The van der Waals surface area contributed by atoms with Crippen molar-refractivity contribution >= 4 is 11.9 Å². The largest absolute Gasteiger partial charge is 0.457 e. The summed E-state index contributed by atoms with van der Waals surface area (Å²) in [6.07, 6.45) is 11.0. The fraction of sp³-hybridized carbons (Fsp3) is 0.789. The zero-order valence-electron chi connectivity index (χ0n) is 15.1. The van der Waals surface area contributed by atoms with Crippen molar-refractivity contribution in [1.82, 2.24) is 0 Å². The first kappa shape index (κ1) is 19.7. The number of unbranched alkanes of at least 4 members (excludes halogenated alkanes) is 2. The molecule has 0 aromatic rings. The van der Waals surface area contributed by atoms with Gasteiger partial charge in [-0.3, -0.25) is 9.59 Å². The van der Waals surface area contributed by atoms with Crippen LogP contribution in [0.3, 0.4) is 0 Å². The van der Waals surface area contributed by atoms with E-state index in [-0.39, 0.29) is 24.3 Å². The molecule has 0 radical (unpaired) electrons. The number of ether oxygens (including phenoxy) is 2. The van der Waals surface area contributed by atoms with Crippen molar-refractivity contribution in [3.05, 3.63) is 12.2 Å². The Morgan fingerprint density at radius 1 is 1.26 bits per heavy atom. The Bertz CT molecular complexity index is 412. The minimum absolute atomic E-state index is 0.0777. The molecule has 2 atom stereocenters. The van der Waals surface area contributed by atoms with Gasteiger partial charge in [0.25, 0.3) is 0 Å². The van der Waals surface area contributed by atoms with Crippen molar-refractivity contribution < 1.29 is 19.1 Å². The van der Waals surface area contributed by atoms with Gasteiger partial charge in [-0.05, 0) is 46.0 Å². The lowest BCUT2D eigenvalue weighted by Crippen LogP contribution is -2.37. The van der Waals surface area contributed by atoms with Gasteiger partial charge in [0.1, 0.15) is 5.60 Å². The van der Waals surface area contributed by atoms with Crippen LogP contribution in [0, 0.1) is 5.92 Å². The van der Waals surface area contributed by atoms with E-state index in [0.29, 0.717) is 0 Å². The van der Waals surface area contributed by atoms with E-state index in [0.717, 1.165) is 38.5 Å². The van der Waals surface area contributed by atoms with Crippen molar-refractivity contribution in [2.45, 2.75) is 90.8 Å². The maximum absolute atomic E-state index is 12.4. The fourth-order valence-corrected chi connectivity index (χ4v) is 2.83. The number of hydrogen-bond acceptors (Lipinski definition) is 4. The third kappa shape index (κ3) is 6.76. The average Bonchev–Trinajstić information content (AvgIpc) is 2.73. The molecule has 1 aliphatic rings. The van der Waals surface area contributed by atoms with Gasteiger partial charge >= 0.3 is 11.9 Å². The summed E-state index contributed by atoms with van der Waals surface area (Å²) in [6, 6.07) is 0. The topological polar surface area (TPSA) is 52.6 Å². The summed E-state index contributed by atoms with van der Waals surface area (Å²) in [5.74, 6) is -0.548. The van der Waals surface area contributed by atoms with Gasteiger partial charge in [0, 0.05) is 0 Å². The third-order valence-corrected chi connectivity index (χ3v) is 4.28. The second-order valence-electron chi connectivity index (χ2n) is 6.88. The lowest BCUT2D eigenvalue weighted by molar-refractivity contribution is -0.164. The molecular weight excluding hydrogens is 292 g/mol. The maximum atomic E-state index is 12.4. The molecule has 4 nitrogen and oxygen atoms in total. The Morgan fingerprint density at radius 2 is 1.96 bits per heavy atom. The van der Waals surface area contributed by atoms with Gasteiger partial charge < -0.3 is 9.47 Å². The molecule has 0 aliphatic carbocycles. The Morgan fingerprint density at radius 3 is 2.52 bits per heavy atom. The number of hydrogen-bond donors (Lipinski definition) is 0. The second kappa shape index (κ2) is 9.74. The SMILES string of the molecule is CCCC=CCCCC(CCC)C(=O)OC1CC(=O)OC1(C)C. The lowest BCUT2D eigenvalue weighted by atomic mass is 9.96. The van der Waals surface area contributed by atoms with Crippen LogP contribution in [0.25, 0.3) is 0 Å². The van der Waals surface area contributed by atoms with Crippen LogP contribution >= 0.6 is 0 Å². The Hall–Kier alpha value is -1.32. The lowest BCUT2D eigenvalue weighted by Gasteiger charge is -2.26. The summed E-state index contributed by atoms with van der Waals surface area (Å²) in [6.45, 7) is 7.83. The predicted molar refractivity (Wildman–Crippen MR) is 91.0 cm³/mol. The molecule has 1 rings (SSSR count). The highest BCUT2D eigenvalue weighted by Crippen LogP contribution is 2.30. The highest BCUT2D eigenvalue weighted by molar-refractivity contribution is 5.76. The molecule has 0 N–H and O–H groups in total. The van der Waals surface area contributed by atoms with Crippen LogP contribution in [0.1, 0.15) is 79.1 Å². The number of esters is 2. The van der Waals surface area contributed by atoms with Crippen LogP contribution in [-0.4, -0.2) is 23.6 Å². The molecule has 0 saturated carbocycles. The van der Waals surface area contributed by atoms with E-state index in [1.54, 1.807) is 13.8 Å². The van der Waals surface area contributed by atoms with E-state index < -0.39 is 11.7 Å². The van der Waals surface area contributed by atoms with Crippen molar-refractivity contribution in [2.24, 2.45) is 5.92 Å². The summed E-state index contributed by atoms with van der Waals surface area (Å²) in [7, 11) is 0. The van der Waals surface area contributed by atoms with Gasteiger partial charge in [0.2, 0.25) is 0 Å². The standard InChI is InChI=1S/C19H32O4/c1-5-7-8-9-10-11-13-15(12-6-2)18(21)22-16-14-17(20)23-19(16,3)4/h8-9,15-16H,5-7,10-14H2,1-4H3. The van der Waals surface area contributed by atoms with Gasteiger partial charge in [-0.15, -0.1) is 0 Å². The normalized spacial score (nSPS) is 21.4. The fourth-order valence-electron chi connectivity index (χ4n) is 2.83. The van der Waals surface area contributed by atoms with Gasteiger partial charge in [0.15, 0.2) is 6.10 Å². The van der Waals surface area contributed by atoms with E-state index in [4.69, 9.17) is 9.47 Å². The molecule has 0 spiro atoms. The van der Waals surface area contributed by atoms with E-state index in [9.17, 15) is 9.59 Å². The summed E-state index contributed by atoms with van der Waals surface area (Å²) < 4.78 is 10.8. The molecule has 4 heteroatoms. The molecule has 1 aliphatic heterocycles. The Balaban J connectivity index is 2.46. The summed E-state index contributed by atoms with van der Waals surface area (Å²) in [5.41, 5.74) is -0.716. The first-order valence-corrected chi connectivity index (χ1v) is 8.98. The van der Waals surface area contributed by atoms with Crippen LogP contribution < -0.4 is 0 Å². The maximum Gasteiger partial charge on any atom is 0.310 e.